The molecule has 1 rings (SSSR count). The number of rotatable bonds is 7. The van der Waals surface area contributed by atoms with Gasteiger partial charge in [0.25, 0.3) is 0 Å². The van der Waals surface area contributed by atoms with E-state index in [0.717, 1.165) is 17.2 Å². The van der Waals surface area contributed by atoms with Gasteiger partial charge in [-0.15, -0.1) is 11.3 Å². The molecule has 0 saturated carbocycles. The van der Waals surface area contributed by atoms with Gasteiger partial charge in [0.2, 0.25) is 0 Å². The summed E-state index contributed by atoms with van der Waals surface area (Å²) in [6.07, 6.45) is -3.86. The fourth-order valence-electron chi connectivity index (χ4n) is 1.59. The van der Waals surface area contributed by atoms with E-state index in [1.807, 2.05) is 26.2 Å². The van der Waals surface area contributed by atoms with E-state index >= 15 is 0 Å². The summed E-state index contributed by atoms with van der Waals surface area (Å²) in [4.78, 5) is 4.43. The van der Waals surface area contributed by atoms with Crippen molar-refractivity contribution in [2.75, 3.05) is 19.8 Å². The Morgan fingerprint density at radius 2 is 2.05 bits per heavy atom. The van der Waals surface area contributed by atoms with Gasteiger partial charge in [-0.05, 0) is 20.4 Å². The third kappa shape index (κ3) is 5.88. The summed E-state index contributed by atoms with van der Waals surface area (Å²) in [5.41, 5.74) is 0.682. The normalized spacial score (nSPS) is 12.9. The molecule has 1 aromatic rings. The van der Waals surface area contributed by atoms with E-state index in [4.69, 9.17) is 0 Å². The molecule has 0 amide bonds. The van der Waals surface area contributed by atoms with E-state index in [0.29, 0.717) is 6.42 Å². The lowest BCUT2D eigenvalue weighted by Gasteiger charge is -2.23. The molecule has 0 aliphatic heterocycles. The number of nitrogens with one attached hydrogen (secondary N) is 1. The van der Waals surface area contributed by atoms with Gasteiger partial charge in [-0.3, -0.25) is 0 Å². The molecule has 0 aliphatic rings. The van der Waals surface area contributed by atoms with E-state index in [9.17, 15) is 13.2 Å². The molecule has 19 heavy (non-hydrogen) atoms. The van der Waals surface area contributed by atoms with Crippen molar-refractivity contribution in [3.8, 4) is 0 Å². The van der Waals surface area contributed by atoms with E-state index < -0.39 is 12.8 Å². The van der Waals surface area contributed by atoms with Crippen LogP contribution in [0, 0.1) is 0 Å². The van der Waals surface area contributed by atoms with Crippen LogP contribution in [0.4, 0.5) is 13.2 Å². The van der Waals surface area contributed by atoms with Crippen LogP contribution in [0.2, 0.25) is 0 Å². The average Bonchev–Trinajstić information content (AvgIpc) is 2.72. The zero-order valence-corrected chi connectivity index (χ0v) is 12.1. The van der Waals surface area contributed by atoms with E-state index in [1.165, 1.54) is 11.3 Å². The summed E-state index contributed by atoms with van der Waals surface area (Å²) in [5.74, 6) is 0. The Labute approximate surface area is 115 Å². The van der Waals surface area contributed by atoms with E-state index in [-0.39, 0.29) is 12.1 Å². The predicted molar refractivity (Wildman–Crippen MR) is 69.4 cm³/mol. The number of hydrogen-bond acceptors (Lipinski definition) is 4. The molecule has 0 saturated heterocycles. The molecule has 0 spiro atoms. The van der Waals surface area contributed by atoms with Crippen molar-refractivity contribution in [1.29, 1.82) is 0 Å². The molecule has 1 aromatic heterocycles. The second kappa shape index (κ2) is 6.67. The number of hydrogen-bond donors (Lipinski definition) is 1. The second-order valence-corrected chi connectivity index (χ2v) is 5.64. The summed E-state index contributed by atoms with van der Waals surface area (Å²) in [6, 6.07) is 0. The Kier molecular flexibility index (Phi) is 5.76. The molecule has 1 heterocycles. The highest BCUT2D eigenvalue weighted by Gasteiger charge is 2.27. The molecule has 0 atom stereocenters. The third-order valence-corrected chi connectivity index (χ3v) is 3.45. The first-order valence-corrected chi connectivity index (χ1v) is 6.97. The summed E-state index contributed by atoms with van der Waals surface area (Å²) in [7, 11) is 0. The molecule has 1 N–H and O–H groups in total. The monoisotopic (exact) mass is 296 g/mol. The fraction of sp³-hybridized carbons (Fsp3) is 0.750. The van der Waals surface area contributed by atoms with Crippen LogP contribution in [-0.2, 0) is 16.7 Å². The van der Waals surface area contributed by atoms with Crippen LogP contribution in [0.3, 0.4) is 0 Å². The highest BCUT2D eigenvalue weighted by molar-refractivity contribution is 7.09. The molecule has 0 bridgehead atoms. The third-order valence-electron chi connectivity index (χ3n) is 2.54. The lowest BCUT2D eigenvalue weighted by Crippen LogP contribution is -2.36. The topological polar surface area (TPSA) is 34.1 Å². The van der Waals surface area contributed by atoms with Crippen LogP contribution >= 0.6 is 11.3 Å². The van der Waals surface area contributed by atoms with Gasteiger partial charge in [0.1, 0.15) is 6.61 Å². The molecule has 110 valence electrons. The minimum Gasteiger partial charge on any atom is -0.372 e. The molecule has 0 unspecified atom stereocenters. The van der Waals surface area contributed by atoms with Crippen molar-refractivity contribution >= 4 is 11.3 Å². The van der Waals surface area contributed by atoms with E-state index in [2.05, 4.69) is 15.0 Å². The van der Waals surface area contributed by atoms with Gasteiger partial charge in [0.05, 0.1) is 22.8 Å². The largest absolute Gasteiger partial charge is 0.411 e. The van der Waals surface area contributed by atoms with Crippen LogP contribution in [0.15, 0.2) is 5.38 Å². The molecule has 7 heteroatoms. The van der Waals surface area contributed by atoms with Gasteiger partial charge in [-0.25, -0.2) is 4.98 Å². The van der Waals surface area contributed by atoms with Crippen molar-refractivity contribution < 1.29 is 17.9 Å². The molecule has 0 fully saturated rings. The maximum Gasteiger partial charge on any atom is 0.411 e. The SMILES string of the molecule is CCNC(C)(C)c1csc(CCOCC(F)(F)F)n1. The highest BCUT2D eigenvalue weighted by atomic mass is 32.1. The Hall–Kier alpha value is -0.660. The van der Waals surface area contributed by atoms with Crippen molar-refractivity contribution in [2.24, 2.45) is 0 Å². The summed E-state index contributed by atoms with van der Waals surface area (Å²) in [5, 5.41) is 6.03. The molecular formula is C12H19F3N2OS. The van der Waals surface area contributed by atoms with Crippen molar-refractivity contribution in [3.63, 3.8) is 0 Å². The summed E-state index contributed by atoms with van der Waals surface area (Å²) >= 11 is 1.45. The van der Waals surface area contributed by atoms with Crippen molar-refractivity contribution in [2.45, 2.75) is 38.9 Å². The van der Waals surface area contributed by atoms with Crippen LogP contribution in [0.1, 0.15) is 31.5 Å². The molecule has 3 nitrogen and oxygen atoms in total. The number of thiazole rings is 1. The summed E-state index contributed by atoms with van der Waals surface area (Å²) in [6.45, 7) is 5.72. The van der Waals surface area contributed by atoms with Crippen LogP contribution in [-0.4, -0.2) is 30.9 Å². The number of halogens is 3. The van der Waals surface area contributed by atoms with Gasteiger partial charge in [-0.1, -0.05) is 6.92 Å². The van der Waals surface area contributed by atoms with Crippen LogP contribution in [0.25, 0.3) is 0 Å². The first-order valence-electron chi connectivity index (χ1n) is 6.09. The van der Waals surface area contributed by atoms with Crippen molar-refractivity contribution in [3.05, 3.63) is 16.1 Å². The Morgan fingerprint density at radius 1 is 1.37 bits per heavy atom. The fourth-order valence-corrected chi connectivity index (χ4v) is 2.54. The first-order chi connectivity index (χ1) is 8.74. The highest BCUT2D eigenvalue weighted by Crippen LogP contribution is 2.22. The quantitative estimate of drug-likeness (QED) is 0.785. The smallest absolute Gasteiger partial charge is 0.372 e. The first kappa shape index (κ1) is 16.4. The minimum atomic E-state index is -4.26. The van der Waals surface area contributed by atoms with Crippen molar-refractivity contribution in [1.82, 2.24) is 10.3 Å². The Morgan fingerprint density at radius 3 is 2.63 bits per heavy atom. The Balaban J connectivity index is 2.43. The molecule has 0 aliphatic carbocycles. The zero-order chi connectivity index (χ0) is 14.5. The van der Waals surface area contributed by atoms with Gasteiger partial charge in [-0.2, -0.15) is 13.2 Å². The van der Waals surface area contributed by atoms with Gasteiger partial charge < -0.3 is 10.1 Å². The standard InChI is InChI=1S/C12H19F3N2OS/c1-4-16-11(2,3)9-7-19-10(17-9)5-6-18-8-12(13,14)15/h7,16H,4-6,8H2,1-3H3. The van der Waals surface area contributed by atoms with Crippen LogP contribution < -0.4 is 5.32 Å². The Bertz CT molecular complexity index is 391. The number of alkyl halides is 3. The lowest BCUT2D eigenvalue weighted by molar-refractivity contribution is -0.173. The molecular weight excluding hydrogens is 277 g/mol. The second-order valence-electron chi connectivity index (χ2n) is 4.70. The predicted octanol–water partition coefficient (Wildman–Crippen LogP) is 3.11. The summed E-state index contributed by atoms with van der Waals surface area (Å²) < 4.78 is 40.2. The zero-order valence-electron chi connectivity index (χ0n) is 11.3. The average molecular weight is 296 g/mol. The molecule has 0 radical (unpaired) electrons. The number of ether oxygens (including phenoxy) is 1. The number of aromatic nitrogens is 1. The van der Waals surface area contributed by atoms with Gasteiger partial charge >= 0.3 is 6.18 Å². The maximum atomic E-state index is 11.9. The van der Waals surface area contributed by atoms with Crippen LogP contribution in [0.5, 0.6) is 0 Å². The van der Waals surface area contributed by atoms with Gasteiger partial charge in [0.15, 0.2) is 0 Å². The maximum absolute atomic E-state index is 11.9. The minimum absolute atomic E-state index is 0.0358. The number of nitrogens with zero attached hydrogens (tertiary/aromatic N) is 1. The molecule has 0 aromatic carbocycles. The van der Waals surface area contributed by atoms with Gasteiger partial charge in [0, 0.05) is 11.8 Å². The van der Waals surface area contributed by atoms with E-state index in [1.54, 1.807) is 0 Å². The lowest BCUT2D eigenvalue weighted by atomic mass is 10.0.